The number of benzene rings is 2. The number of aromatic nitrogens is 5. The van der Waals surface area contributed by atoms with Gasteiger partial charge in [0.1, 0.15) is 11.3 Å². The van der Waals surface area contributed by atoms with Crippen LogP contribution in [0.15, 0.2) is 60.8 Å². The number of aryl methyl sites for hydroxylation is 3. The molecule has 3 heterocycles. The first-order valence-electron chi connectivity index (χ1n) is 11.7. The number of nitrogens with zero attached hydrogens (tertiary/aromatic N) is 4. The minimum absolute atomic E-state index is 0.0596. The van der Waals surface area contributed by atoms with Crippen LogP contribution >= 0.6 is 7.52 Å². The zero-order chi connectivity index (χ0) is 27.2. The third-order valence-electron chi connectivity index (χ3n) is 6.21. The maximum Gasteiger partial charge on any atom is 0.341 e. The van der Waals surface area contributed by atoms with E-state index in [-0.39, 0.29) is 11.4 Å². The van der Waals surface area contributed by atoms with E-state index in [9.17, 15) is 14.5 Å². The van der Waals surface area contributed by atoms with Crippen LogP contribution in [0.5, 0.6) is 0 Å². The van der Waals surface area contributed by atoms with Crippen molar-refractivity contribution >= 4 is 36.1 Å². The van der Waals surface area contributed by atoms with E-state index in [1.165, 1.54) is 18.0 Å². The number of hydrogen-bond acceptors (Lipinski definition) is 6. The SMILES string of the molecule is CO[P@@](=O)(Nc1nn(-c2ccc(-c3cc4nc(C)cc(N)[n+]4[nH]3)cc2)cc1C(=O)O)c1ccc(C)cc1C. The molecule has 0 aliphatic carbocycles. The number of carboxylic acids is 1. The fraction of sp³-hybridized carbons (Fsp3) is 0.154. The standard InChI is InChI=1S/C26H26N7O4P/c1-15-5-10-22(16(2)11-15)38(36,37-4)31-25-20(26(34)35)14-32(30-25)19-8-6-18(7-9-19)21-13-24-28-17(3)12-23(27)33(24)29-21/h5-14H,1-4H3,(H4,27,28,29,30,31,34,35,36)/p+1/t38-/m1/s1. The first-order valence-corrected chi connectivity index (χ1v) is 13.3. The fourth-order valence-electron chi connectivity index (χ4n) is 4.34. The number of rotatable bonds is 7. The molecule has 5 aromatic rings. The van der Waals surface area contributed by atoms with Crippen LogP contribution in [-0.4, -0.2) is 38.0 Å². The highest BCUT2D eigenvalue weighted by atomic mass is 31.2. The van der Waals surface area contributed by atoms with Crippen molar-refractivity contribution in [3.8, 4) is 16.9 Å². The number of nitrogens with two attached hydrogens (primary N) is 1. The number of anilines is 2. The molecule has 0 aliphatic heterocycles. The minimum atomic E-state index is -3.66. The summed E-state index contributed by atoms with van der Waals surface area (Å²) in [7, 11) is -2.34. The summed E-state index contributed by atoms with van der Waals surface area (Å²) in [6, 6.07) is 16.4. The summed E-state index contributed by atoms with van der Waals surface area (Å²) < 4.78 is 22.2. The highest BCUT2D eigenvalue weighted by Gasteiger charge is 2.30. The Labute approximate surface area is 218 Å². The molecule has 0 saturated carbocycles. The smallest absolute Gasteiger partial charge is 0.341 e. The number of aromatic carboxylic acids is 1. The molecule has 194 valence electrons. The van der Waals surface area contributed by atoms with E-state index in [1.54, 1.807) is 28.8 Å². The second kappa shape index (κ2) is 9.44. The predicted octanol–water partition coefficient (Wildman–Crippen LogP) is 3.78. The third-order valence-corrected chi connectivity index (χ3v) is 8.36. The second-order valence-electron chi connectivity index (χ2n) is 9.01. The Balaban J connectivity index is 1.48. The van der Waals surface area contributed by atoms with Gasteiger partial charge >= 0.3 is 13.5 Å². The van der Waals surface area contributed by atoms with E-state index >= 15 is 0 Å². The van der Waals surface area contributed by atoms with E-state index in [1.807, 2.05) is 51.1 Å². The Kier molecular flexibility index (Phi) is 6.26. The van der Waals surface area contributed by atoms with Crippen LogP contribution in [0, 0.1) is 20.8 Å². The van der Waals surface area contributed by atoms with Gasteiger partial charge in [-0.3, -0.25) is 9.65 Å². The molecule has 0 radical (unpaired) electrons. The van der Waals surface area contributed by atoms with Gasteiger partial charge in [0, 0.05) is 24.9 Å². The Bertz CT molecular complexity index is 1740. The normalized spacial score (nSPS) is 12.9. The molecule has 2 aromatic carbocycles. The molecule has 0 amide bonds. The van der Waals surface area contributed by atoms with Gasteiger partial charge in [0.15, 0.2) is 5.82 Å². The Morgan fingerprint density at radius 1 is 1.13 bits per heavy atom. The van der Waals surface area contributed by atoms with Crippen molar-refractivity contribution in [2.24, 2.45) is 0 Å². The van der Waals surface area contributed by atoms with E-state index in [0.717, 1.165) is 28.1 Å². The highest BCUT2D eigenvalue weighted by Crippen LogP contribution is 2.46. The lowest BCUT2D eigenvalue weighted by molar-refractivity contribution is -0.562. The third kappa shape index (κ3) is 4.53. The molecule has 5 rings (SSSR count). The van der Waals surface area contributed by atoms with Crippen molar-refractivity contribution in [3.05, 3.63) is 83.2 Å². The molecule has 12 heteroatoms. The van der Waals surface area contributed by atoms with E-state index in [0.29, 0.717) is 22.5 Å². The molecule has 0 saturated heterocycles. The fourth-order valence-corrected chi connectivity index (χ4v) is 5.99. The van der Waals surface area contributed by atoms with E-state index < -0.39 is 13.5 Å². The number of carbonyl (C=O) groups is 1. The number of fused-ring (bicyclic) bond motifs is 1. The molecule has 5 N–H and O–H groups in total. The van der Waals surface area contributed by atoms with Gasteiger partial charge in [0.2, 0.25) is 5.82 Å². The lowest BCUT2D eigenvalue weighted by atomic mass is 10.1. The van der Waals surface area contributed by atoms with Crippen molar-refractivity contribution in [1.82, 2.24) is 19.9 Å². The second-order valence-corrected chi connectivity index (χ2v) is 11.2. The minimum Gasteiger partial charge on any atom is -0.477 e. The zero-order valence-electron chi connectivity index (χ0n) is 21.3. The lowest BCUT2D eigenvalue weighted by Gasteiger charge is -2.20. The van der Waals surface area contributed by atoms with Crippen LogP contribution in [0.4, 0.5) is 11.6 Å². The quantitative estimate of drug-likeness (QED) is 0.183. The van der Waals surface area contributed by atoms with E-state index in [2.05, 4.69) is 20.3 Å². The molecule has 0 bridgehead atoms. The number of carboxylic acid groups (broad SMARTS) is 1. The number of H-pyrrole nitrogens is 1. The molecule has 0 spiro atoms. The lowest BCUT2D eigenvalue weighted by Crippen LogP contribution is -2.28. The summed E-state index contributed by atoms with van der Waals surface area (Å²) in [6.07, 6.45) is 1.37. The van der Waals surface area contributed by atoms with Gasteiger partial charge in [0.05, 0.1) is 22.8 Å². The Morgan fingerprint density at radius 2 is 1.87 bits per heavy atom. The van der Waals surface area contributed by atoms with Crippen molar-refractivity contribution in [3.63, 3.8) is 0 Å². The number of nitrogens with one attached hydrogen (secondary N) is 2. The van der Waals surface area contributed by atoms with Gasteiger partial charge in [-0.2, -0.15) is 0 Å². The van der Waals surface area contributed by atoms with Crippen LogP contribution < -0.4 is 20.6 Å². The maximum atomic E-state index is 13.7. The van der Waals surface area contributed by atoms with Gasteiger partial charge in [0.25, 0.3) is 5.65 Å². The Hall–Kier alpha value is -4.47. The van der Waals surface area contributed by atoms with Gasteiger partial charge in [-0.1, -0.05) is 29.8 Å². The van der Waals surface area contributed by atoms with Crippen LogP contribution in [0.1, 0.15) is 27.2 Å². The Morgan fingerprint density at radius 3 is 2.53 bits per heavy atom. The van der Waals surface area contributed by atoms with Crippen molar-refractivity contribution in [2.45, 2.75) is 20.8 Å². The summed E-state index contributed by atoms with van der Waals surface area (Å²) >= 11 is 0. The molecular weight excluding hydrogens is 505 g/mol. The highest BCUT2D eigenvalue weighted by molar-refractivity contribution is 7.68. The van der Waals surface area contributed by atoms with Crippen molar-refractivity contribution in [1.29, 1.82) is 0 Å². The first-order chi connectivity index (χ1) is 18.1. The molecule has 11 nitrogen and oxygen atoms in total. The van der Waals surface area contributed by atoms with Gasteiger partial charge in [-0.05, 0) is 44.5 Å². The van der Waals surface area contributed by atoms with Crippen LogP contribution in [0.2, 0.25) is 0 Å². The average Bonchev–Trinajstić information content (AvgIpc) is 3.49. The monoisotopic (exact) mass is 532 g/mol. The average molecular weight is 533 g/mol. The zero-order valence-corrected chi connectivity index (χ0v) is 22.2. The molecule has 38 heavy (non-hydrogen) atoms. The van der Waals surface area contributed by atoms with Crippen LogP contribution in [0.3, 0.4) is 0 Å². The van der Waals surface area contributed by atoms with Crippen LogP contribution in [0.25, 0.3) is 22.6 Å². The molecule has 0 unspecified atom stereocenters. The predicted molar refractivity (Wildman–Crippen MR) is 144 cm³/mol. The first kappa shape index (κ1) is 25.2. The van der Waals surface area contributed by atoms with Crippen LogP contribution in [-0.2, 0) is 9.09 Å². The maximum absolute atomic E-state index is 13.7. The van der Waals surface area contributed by atoms with Crippen molar-refractivity contribution < 1.29 is 23.5 Å². The number of nitrogen functional groups attached to an aromatic ring is 1. The number of hydrogen-bond donors (Lipinski definition) is 4. The molecule has 3 aromatic heterocycles. The molecule has 0 aliphatic rings. The summed E-state index contributed by atoms with van der Waals surface area (Å²) in [5.74, 6) is -0.730. The van der Waals surface area contributed by atoms with Gasteiger partial charge in [-0.25, -0.2) is 14.6 Å². The molecular formula is C26H27N7O4P+. The topological polar surface area (TPSA) is 152 Å². The molecule has 1 atom stereocenters. The summed E-state index contributed by atoms with van der Waals surface area (Å²) in [5.41, 5.74) is 11.5. The largest absolute Gasteiger partial charge is 0.477 e. The van der Waals surface area contributed by atoms with Gasteiger partial charge in [-0.15, -0.1) is 14.6 Å². The van der Waals surface area contributed by atoms with E-state index in [4.69, 9.17) is 10.3 Å². The summed E-state index contributed by atoms with van der Waals surface area (Å²) in [5, 5.41) is 20.7. The van der Waals surface area contributed by atoms with Gasteiger partial charge < -0.3 is 15.4 Å². The molecule has 0 fully saturated rings. The summed E-state index contributed by atoms with van der Waals surface area (Å²) in [4.78, 5) is 16.5. The summed E-state index contributed by atoms with van der Waals surface area (Å²) in [6.45, 7) is 5.64. The van der Waals surface area contributed by atoms with Crippen molar-refractivity contribution in [2.75, 3.05) is 17.9 Å². The number of aromatic amines is 1.